The van der Waals surface area contributed by atoms with Crippen LogP contribution in [0.15, 0.2) is 35.3 Å². The lowest BCUT2D eigenvalue weighted by Crippen LogP contribution is -2.39. The number of benzene rings is 1. The molecule has 1 aromatic rings. The van der Waals surface area contributed by atoms with Gasteiger partial charge >= 0.3 is 0 Å². The summed E-state index contributed by atoms with van der Waals surface area (Å²) in [6.07, 6.45) is 2.50. The van der Waals surface area contributed by atoms with E-state index in [4.69, 9.17) is 4.99 Å². The van der Waals surface area contributed by atoms with E-state index in [0.29, 0.717) is 5.92 Å². The molecule has 0 radical (unpaired) electrons. The molecule has 18 heavy (non-hydrogen) atoms. The van der Waals surface area contributed by atoms with Crippen LogP contribution in [-0.4, -0.2) is 44.0 Å². The molecule has 1 fully saturated rings. The van der Waals surface area contributed by atoms with Crippen molar-refractivity contribution in [3.63, 3.8) is 0 Å². The molecule has 0 saturated carbocycles. The quantitative estimate of drug-likeness (QED) is 0.793. The van der Waals surface area contributed by atoms with E-state index in [0.717, 1.165) is 13.1 Å². The van der Waals surface area contributed by atoms with Crippen molar-refractivity contribution in [2.24, 2.45) is 10.9 Å². The lowest BCUT2D eigenvalue weighted by atomic mass is 9.95. The third kappa shape index (κ3) is 2.27. The summed E-state index contributed by atoms with van der Waals surface area (Å²) in [5, 5.41) is 0. The van der Waals surface area contributed by atoms with E-state index in [-0.39, 0.29) is 0 Å². The minimum atomic E-state index is 0.656. The smallest absolute Gasteiger partial charge is 0.107 e. The van der Waals surface area contributed by atoms with Gasteiger partial charge in [-0.15, -0.1) is 0 Å². The van der Waals surface area contributed by atoms with Gasteiger partial charge in [-0.25, -0.2) is 0 Å². The molecular weight excluding hydrogens is 222 g/mol. The maximum atomic E-state index is 4.77. The predicted octanol–water partition coefficient (Wildman–Crippen LogP) is 2.25. The SMILES string of the molecule is CN1CCC(C2=NCCN2c2ccccc2)CC1. The minimum absolute atomic E-state index is 0.656. The topological polar surface area (TPSA) is 18.8 Å². The van der Waals surface area contributed by atoms with E-state index in [2.05, 4.69) is 47.2 Å². The Morgan fingerprint density at radius 1 is 1.06 bits per heavy atom. The monoisotopic (exact) mass is 243 g/mol. The zero-order valence-corrected chi connectivity index (χ0v) is 11.0. The number of rotatable bonds is 2. The van der Waals surface area contributed by atoms with Crippen LogP contribution < -0.4 is 4.90 Å². The zero-order chi connectivity index (χ0) is 12.4. The van der Waals surface area contributed by atoms with E-state index < -0.39 is 0 Å². The van der Waals surface area contributed by atoms with E-state index in [1.165, 1.54) is 37.5 Å². The van der Waals surface area contributed by atoms with Gasteiger partial charge in [0.25, 0.3) is 0 Å². The maximum Gasteiger partial charge on any atom is 0.107 e. The molecule has 2 heterocycles. The van der Waals surface area contributed by atoms with Crippen molar-refractivity contribution in [2.75, 3.05) is 38.1 Å². The number of likely N-dealkylation sites (tertiary alicyclic amines) is 1. The number of piperidine rings is 1. The first-order valence-corrected chi connectivity index (χ1v) is 6.90. The predicted molar refractivity (Wildman–Crippen MR) is 76.3 cm³/mol. The van der Waals surface area contributed by atoms with Crippen molar-refractivity contribution >= 4 is 11.5 Å². The van der Waals surface area contributed by atoms with E-state index in [1.807, 2.05) is 0 Å². The van der Waals surface area contributed by atoms with Crippen molar-refractivity contribution in [1.29, 1.82) is 0 Å². The van der Waals surface area contributed by atoms with Crippen LogP contribution in [-0.2, 0) is 0 Å². The molecule has 2 aliphatic rings. The van der Waals surface area contributed by atoms with Gasteiger partial charge in [-0.3, -0.25) is 4.99 Å². The van der Waals surface area contributed by atoms with Crippen molar-refractivity contribution in [2.45, 2.75) is 12.8 Å². The Hall–Kier alpha value is -1.35. The number of nitrogens with zero attached hydrogens (tertiary/aromatic N) is 3. The van der Waals surface area contributed by atoms with Crippen LogP contribution in [0, 0.1) is 5.92 Å². The summed E-state index contributed by atoms with van der Waals surface area (Å²) in [4.78, 5) is 9.59. The lowest BCUT2D eigenvalue weighted by Gasteiger charge is -2.32. The number of anilines is 1. The molecule has 3 heteroatoms. The van der Waals surface area contributed by atoms with Crippen molar-refractivity contribution in [3.8, 4) is 0 Å². The van der Waals surface area contributed by atoms with E-state index >= 15 is 0 Å². The normalized spacial score (nSPS) is 22.3. The van der Waals surface area contributed by atoms with Gasteiger partial charge in [0, 0.05) is 18.2 Å². The average molecular weight is 243 g/mol. The Labute approximate surface area is 109 Å². The maximum absolute atomic E-state index is 4.77. The first kappa shape index (κ1) is 11.7. The number of aliphatic imine (C=N–C) groups is 1. The van der Waals surface area contributed by atoms with Crippen LogP contribution in [0.2, 0.25) is 0 Å². The van der Waals surface area contributed by atoms with Gasteiger partial charge in [0.1, 0.15) is 5.84 Å². The second-order valence-electron chi connectivity index (χ2n) is 5.30. The van der Waals surface area contributed by atoms with Gasteiger partial charge in [0.2, 0.25) is 0 Å². The Bertz CT molecular complexity index is 419. The molecule has 0 aliphatic carbocycles. The van der Waals surface area contributed by atoms with Crippen LogP contribution in [0.5, 0.6) is 0 Å². The fraction of sp³-hybridized carbons (Fsp3) is 0.533. The van der Waals surface area contributed by atoms with Crippen LogP contribution in [0.25, 0.3) is 0 Å². The standard InChI is InChI=1S/C15H21N3/c1-17-10-7-13(8-11-17)15-16-9-12-18(15)14-5-3-2-4-6-14/h2-6,13H,7-12H2,1H3. The molecule has 0 aromatic heterocycles. The molecule has 0 spiro atoms. The van der Waals surface area contributed by atoms with Gasteiger partial charge in [-0.1, -0.05) is 18.2 Å². The molecule has 2 aliphatic heterocycles. The molecule has 3 rings (SSSR count). The molecular formula is C15H21N3. The summed E-state index contributed by atoms with van der Waals surface area (Å²) in [7, 11) is 2.21. The zero-order valence-electron chi connectivity index (χ0n) is 11.0. The highest BCUT2D eigenvalue weighted by Crippen LogP contribution is 2.26. The van der Waals surface area contributed by atoms with Gasteiger partial charge < -0.3 is 9.80 Å². The van der Waals surface area contributed by atoms with Gasteiger partial charge in [0.15, 0.2) is 0 Å². The summed E-state index contributed by atoms with van der Waals surface area (Å²) in [5.41, 5.74) is 1.30. The Morgan fingerprint density at radius 2 is 1.78 bits per heavy atom. The first-order valence-electron chi connectivity index (χ1n) is 6.90. The number of hydrogen-bond acceptors (Lipinski definition) is 3. The number of amidine groups is 1. The Morgan fingerprint density at radius 3 is 2.50 bits per heavy atom. The molecule has 3 nitrogen and oxygen atoms in total. The minimum Gasteiger partial charge on any atom is -0.328 e. The average Bonchev–Trinajstić information content (AvgIpc) is 2.90. The van der Waals surface area contributed by atoms with E-state index in [1.54, 1.807) is 0 Å². The second-order valence-corrected chi connectivity index (χ2v) is 5.30. The first-order chi connectivity index (χ1) is 8.84. The number of para-hydroxylation sites is 1. The highest BCUT2D eigenvalue weighted by atomic mass is 15.2. The lowest BCUT2D eigenvalue weighted by molar-refractivity contribution is 0.251. The third-order valence-corrected chi connectivity index (χ3v) is 4.03. The summed E-state index contributed by atoms with van der Waals surface area (Å²) in [6, 6.07) is 10.7. The second kappa shape index (κ2) is 5.11. The Kier molecular flexibility index (Phi) is 3.33. The van der Waals surface area contributed by atoms with Gasteiger partial charge in [0.05, 0.1) is 6.54 Å². The van der Waals surface area contributed by atoms with Crippen LogP contribution in [0.4, 0.5) is 5.69 Å². The highest BCUT2D eigenvalue weighted by Gasteiger charge is 2.28. The largest absolute Gasteiger partial charge is 0.328 e. The molecule has 0 amide bonds. The van der Waals surface area contributed by atoms with Crippen molar-refractivity contribution in [1.82, 2.24) is 4.90 Å². The fourth-order valence-electron chi connectivity index (χ4n) is 2.95. The molecule has 0 unspecified atom stereocenters. The fourth-order valence-corrected chi connectivity index (χ4v) is 2.95. The molecule has 1 aromatic carbocycles. The summed E-state index contributed by atoms with van der Waals surface area (Å²) in [5.74, 6) is 1.98. The Balaban J connectivity index is 1.75. The third-order valence-electron chi connectivity index (χ3n) is 4.03. The van der Waals surface area contributed by atoms with Crippen molar-refractivity contribution < 1.29 is 0 Å². The van der Waals surface area contributed by atoms with Gasteiger partial charge in [-0.2, -0.15) is 0 Å². The molecule has 96 valence electrons. The summed E-state index contributed by atoms with van der Waals surface area (Å²) < 4.78 is 0. The molecule has 0 atom stereocenters. The highest BCUT2D eigenvalue weighted by molar-refractivity contribution is 6.00. The molecule has 0 N–H and O–H groups in total. The molecule has 1 saturated heterocycles. The van der Waals surface area contributed by atoms with Crippen molar-refractivity contribution in [3.05, 3.63) is 30.3 Å². The summed E-state index contributed by atoms with van der Waals surface area (Å²) >= 11 is 0. The summed E-state index contributed by atoms with van der Waals surface area (Å²) in [6.45, 7) is 4.40. The van der Waals surface area contributed by atoms with Gasteiger partial charge in [-0.05, 0) is 45.1 Å². The number of hydrogen-bond donors (Lipinski definition) is 0. The molecule has 0 bridgehead atoms. The van der Waals surface area contributed by atoms with Crippen LogP contribution >= 0.6 is 0 Å². The van der Waals surface area contributed by atoms with E-state index in [9.17, 15) is 0 Å². The van der Waals surface area contributed by atoms with Crippen LogP contribution in [0.1, 0.15) is 12.8 Å². The van der Waals surface area contributed by atoms with Crippen LogP contribution in [0.3, 0.4) is 0 Å².